The topological polar surface area (TPSA) is 91.3 Å². The average Bonchev–Trinajstić information content (AvgIpc) is 3.35. The quantitative estimate of drug-likeness (QED) is 0.696. The first kappa shape index (κ1) is 23.3. The molecule has 182 valence electrons. The summed E-state index contributed by atoms with van der Waals surface area (Å²) in [7, 11) is 1.69. The second kappa shape index (κ2) is 8.36. The van der Waals surface area contributed by atoms with Crippen molar-refractivity contribution < 1.29 is 14.9 Å². The van der Waals surface area contributed by atoms with Gasteiger partial charge in [0.15, 0.2) is 0 Å². The van der Waals surface area contributed by atoms with Crippen LogP contribution in [0.2, 0.25) is 0 Å². The number of aromatic nitrogens is 2. The monoisotopic (exact) mass is 455 g/mol. The SMILES string of the molecule is COC[C@@]1(O)CCC2C3CC[C@@]4(C)C(CC[C@]4(O)[C@@H](C)Cn4cc(C#N)cn4)[C@@H]3CC[C@H]2C1. The third-order valence-corrected chi connectivity index (χ3v) is 10.8. The summed E-state index contributed by atoms with van der Waals surface area (Å²) in [6.07, 6.45) is 13.0. The Balaban J connectivity index is 1.31. The predicted octanol–water partition coefficient (Wildman–Crippen LogP) is 4.15. The molecule has 0 aliphatic heterocycles. The van der Waals surface area contributed by atoms with E-state index in [2.05, 4.69) is 25.0 Å². The van der Waals surface area contributed by atoms with E-state index in [1.54, 1.807) is 19.5 Å². The summed E-state index contributed by atoms with van der Waals surface area (Å²) in [4.78, 5) is 0. The molecule has 3 unspecified atom stereocenters. The van der Waals surface area contributed by atoms with Crippen LogP contribution in [0, 0.1) is 52.3 Å². The van der Waals surface area contributed by atoms with Crippen LogP contribution in [0.4, 0.5) is 0 Å². The van der Waals surface area contributed by atoms with Crippen LogP contribution in [0.15, 0.2) is 12.4 Å². The maximum Gasteiger partial charge on any atom is 0.102 e. The van der Waals surface area contributed by atoms with E-state index in [1.165, 1.54) is 19.3 Å². The molecule has 4 aliphatic carbocycles. The van der Waals surface area contributed by atoms with Gasteiger partial charge < -0.3 is 14.9 Å². The van der Waals surface area contributed by atoms with Gasteiger partial charge in [-0.2, -0.15) is 10.4 Å². The second-order valence-electron chi connectivity index (χ2n) is 12.2. The smallest absolute Gasteiger partial charge is 0.102 e. The van der Waals surface area contributed by atoms with Gasteiger partial charge >= 0.3 is 0 Å². The Labute approximate surface area is 198 Å². The number of hydrogen-bond acceptors (Lipinski definition) is 5. The molecule has 1 aromatic heterocycles. The Bertz CT molecular complexity index is 911. The van der Waals surface area contributed by atoms with Crippen LogP contribution < -0.4 is 0 Å². The molecule has 0 aromatic carbocycles. The number of nitrogens with zero attached hydrogens (tertiary/aromatic N) is 3. The van der Waals surface area contributed by atoms with Crippen LogP contribution in [0.5, 0.6) is 0 Å². The van der Waals surface area contributed by atoms with E-state index in [4.69, 9.17) is 10.00 Å². The van der Waals surface area contributed by atoms with Gasteiger partial charge in [0, 0.05) is 25.8 Å². The first-order valence-electron chi connectivity index (χ1n) is 13.1. The molecule has 0 saturated heterocycles. The lowest BCUT2D eigenvalue weighted by Gasteiger charge is -2.59. The lowest BCUT2D eigenvalue weighted by atomic mass is 9.48. The van der Waals surface area contributed by atoms with Crippen molar-refractivity contribution in [2.75, 3.05) is 13.7 Å². The maximum atomic E-state index is 12.1. The Morgan fingerprint density at radius 2 is 1.94 bits per heavy atom. The number of hydrogen-bond donors (Lipinski definition) is 2. The van der Waals surface area contributed by atoms with Gasteiger partial charge in [0.05, 0.1) is 29.6 Å². The standard InChI is InChI=1S/C27H41N3O3/c1-18(15-30-16-19(13-28)14-29-30)27(32)11-8-24-23-5-4-20-12-26(31,17-33-3)10-7-21(20)22(23)6-9-25(24,27)2/h14,16,18,20-24,31-32H,4-12,15,17H2,1-3H3/t18-,20-,21?,22?,23+,24?,25-,26+,27-/m0/s1. The van der Waals surface area contributed by atoms with Gasteiger partial charge in [-0.05, 0) is 92.8 Å². The van der Waals surface area contributed by atoms with Gasteiger partial charge in [0.25, 0.3) is 0 Å². The van der Waals surface area contributed by atoms with Crippen LogP contribution in [-0.4, -0.2) is 44.9 Å². The molecule has 0 amide bonds. The van der Waals surface area contributed by atoms with Crippen LogP contribution in [0.3, 0.4) is 0 Å². The Morgan fingerprint density at radius 1 is 1.15 bits per heavy atom. The molecular formula is C27H41N3O3. The minimum absolute atomic E-state index is 0.0584. The van der Waals surface area contributed by atoms with Gasteiger partial charge in [0.2, 0.25) is 0 Å². The van der Waals surface area contributed by atoms with E-state index < -0.39 is 11.2 Å². The summed E-state index contributed by atoms with van der Waals surface area (Å²) < 4.78 is 7.17. The fourth-order valence-corrected chi connectivity index (χ4v) is 9.18. The molecule has 0 radical (unpaired) electrons. The Kier molecular flexibility index (Phi) is 5.91. The third kappa shape index (κ3) is 3.66. The van der Waals surface area contributed by atoms with Crippen LogP contribution in [0.25, 0.3) is 0 Å². The zero-order chi connectivity index (χ0) is 23.4. The first-order valence-corrected chi connectivity index (χ1v) is 13.1. The van der Waals surface area contributed by atoms with Crippen molar-refractivity contribution in [3.63, 3.8) is 0 Å². The zero-order valence-electron chi connectivity index (χ0n) is 20.5. The molecule has 1 heterocycles. The molecule has 9 atom stereocenters. The van der Waals surface area contributed by atoms with E-state index in [0.29, 0.717) is 36.5 Å². The highest BCUT2D eigenvalue weighted by atomic mass is 16.5. The highest BCUT2D eigenvalue weighted by Gasteiger charge is 2.64. The second-order valence-corrected chi connectivity index (χ2v) is 12.2. The van der Waals surface area contributed by atoms with Crippen LogP contribution in [-0.2, 0) is 11.3 Å². The number of methoxy groups -OCH3 is 1. The number of ether oxygens (including phenoxy) is 1. The van der Waals surface area contributed by atoms with Gasteiger partial charge in [0.1, 0.15) is 6.07 Å². The molecule has 5 rings (SSSR count). The molecule has 4 fully saturated rings. The summed E-state index contributed by atoms with van der Waals surface area (Å²) in [5, 5.41) is 36.6. The number of fused-ring (bicyclic) bond motifs is 5. The van der Waals surface area contributed by atoms with E-state index in [-0.39, 0.29) is 11.3 Å². The fourth-order valence-electron chi connectivity index (χ4n) is 9.18. The molecule has 6 heteroatoms. The van der Waals surface area contributed by atoms with E-state index in [9.17, 15) is 10.2 Å². The zero-order valence-corrected chi connectivity index (χ0v) is 20.5. The molecule has 4 aliphatic rings. The molecule has 0 spiro atoms. The number of rotatable bonds is 5. The third-order valence-electron chi connectivity index (χ3n) is 10.8. The summed E-state index contributed by atoms with van der Waals surface area (Å²) in [5.74, 6) is 3.47. The lowest BCUT2D eigenvalue weighted by Crippen LogP contribution is -2.57. The van der Waals surface area contributed by atoms with Gasteiger partial charge in [-0.1, -0.05) is 13.8 Å². The highest BCUT2D eigenvalue weighted by molar-refractivity contribution is 5.22. The van der Waals surface area contributed by atoms with Crippen LogP contribution in [0.1, 0.15) is 77.2 Å². The van der Waals surface area contributed by atoms with Crippen molar-refractivity contribution in [1.29, 1.82) is 5.26 Å². The Hall–Kier alpha value is -1.42. The highest BCUT2D eigenvalue weighted by Crippen LogP contribution is 2.67. The van der Waals surface area contributed by atoms with E-state index in [1.807, 2.05) is 4.68 Å². The summed E-state index contributed by atoms with van der Waals surface area (Å²) in [6, 6.07) is 2.15. The largest absolute Gasteiger partial charge is 0.389 e. The Morgan fingerprint density at radius 3 is 2.67 bits per heavy atom. The maximum absolute atomic E-state index is 12.1. The predicted molar refractivity (Wildman–Crippen MR) is 125 cm³/mol. The molecule has 1 aromatic rings. The van der Waals surface area contributed by atoms with Crippen molar-refractivity contribution in [2.45, 2.75) is 89.4 Å². The van der Waals surface area contributed by atoms with E-state index >= 15 is 0 Å². The van der Waals surface area contributed by atoms with Crippen molar-refractivity contribution in [3.8, 4) is 6.07 Å². The van der Waals surface area contributed by atoms with Gasteiger partial charge in [-0.25, -0.2) is 0 Å². The summed E-state index contributed by atoms with van der Waals surface area (Å²) >= 11 is 0. The van der Waals surface area contributed by atoms with Crippen molar-refractivity contribution >= 4 is 0 Å². The molecule has 2 N–H and O–H groups in total. The van der Waals surface area contributed by atoms with Gasteiger partial charge in [-0.3, -0.25) is 4.68 Å². The molecule has 4 saturated carbocycles. The summed E-state index contributed by atoms with van der Waals surface area (Å²) in [6.45, 7) is 5.65. The van der Waals surface area contributed by atoms with Crippen molar-refractivity contribution in [3.05, 3.63) is 18.0 Å². The molecule has 0 bridgehead atoms. The van der Waals surface area contributed by atoms with Gasteiger partial charge in [-0.15, -0.1) is 0 Å². The first-order chi connectivity index (χ1) is 15.7. The minimum Gasteiger partial charge on any atom is -0.389 e. The van der Waals surface area contributed by atoms with Crippen molar-refractivity contribution in [2.24, 2.45) is 40.9 Å². The minimum atomic E-state index is -0.691. The summed E-state index contributed by atoms with van der Waals surface area (Å²) in [5.41, 5.74) is -0.806. The molecular weight excluding hydrogens is 414 g/mol. The molecule has 6 nitrogen and oxygen atoms in total. The number of nitriles is 1. The van der Waals surface area contributed by atoms with E-state index in [0.717, 1.165) is 50.4 Å². The van der Waals surface area contributed by atoms with Crippen LogP contribution >= 0.6 is 0 Å². The fraction of sp³-hybridized carbons (Fsp3) is 0.852. The van der Waals surface area contributed by atoms with Crippen molar-refractivity contribution in [1.82, 2.24) is 9.78 Å². The average molecular weight is 456 g/mol. The molecule has 33 heavy (non-hydrogen) atoms. The normalized spacial score (nSPS) is 45.5. The number of aliphatic hydroxyl groups is 2. The lowest BCUT2D eigenvalue weighted by molar-refractivity contribution is -0.165.